The summed E-state index contributed by atoms with van der Waals surface area (Å²) in [4.78, 5) is 37.1. The van der Waals surface area contributed by atoms with E-state index < -0.39 is 0 Å². The molecule has 138 valence electrons. The molecular weight excluding hydrogens is 382 g/mol. The minimum Gasteiger partial charge on any atom is -0.333 e. The number of anilines is 1. The number of hydrogen-bond acceptors (Lipinski definition) is 6. The fourth-order valence-electron chi connectivity index (χ4n) is 2.77. The Morgan fingerprint density at radius 3 is 2.93 bits per heavy atom. The molecule has 3 aromatic rings. The quantitative estimate of drug-likeness (QED) is 0.706. The van der Waals surface area contributed by atoms with Crippen LogP contribution < -0.4 is 10.6 Å². The topological polar surface area (TPSA) is 87.2 Å². The maximum atomic E-state index is 12.4. The Labute approximate surface area is 164 Å². The van der Waals surface area contributed by atoms with E-state index >= 15 is 0 Å². The van der Waals surface area contributed by atoms with Crippen molar-refractivity contribution in [3.8, 4) is 0 Å². The van der Waals surface area contributed by atoms with Crippen LogP contribution in [0.2, 0.25) is 0 Å². The third-order valence-electron chi connectivity index (χ3n) is 4.13. The van der Waals surface area contributed by atoms with Crippen molar-refractivity contribution in [1.29, 1.82) is 0 Å². The van der Waals surface area contributed by atoms with Gasteiger partial charge in [0.1, 0.15) is 5.69 Å². The van der Waals surface area contributed by atoms with Crippen molar-refractivity contribution in [3.05, 3.63) is 63.1 Å². The largest absolute Gasteiger partial charge is 0.333 e. The van der Waals surface area contributed by atoms with Gasteiger partial charge in [0.05, 0.1) is 18.8 Å². The molecule has 0 unspecified atom stereocenters. The fraction of sp³-hybridized carbons (Fsp3) is 0.222. The standard InChI is InChI=1S/C18H17N5O2S2/c24-16(14-5-1-2-7-19-14)22-17-21-13-6-8-23(11-15(13)27-17)18(25)20-10-12-4-3-9-26-12/h1-5,7,9H,6,8,10-11H2,(H,20,25)(H,21,22,24). The van der Waals surface area contributed by atoms with Gasteiger partial charge in [0.15, 0.2) is 5.13 Å². The van der Waals surface area contributed by atoms with E-state index in [0.29, 0.717) is 36.9 Å². The number of hydrogen-bond donors (Lipinski definition) is 2. The first kappa shape index (κ1) is 17.6. The van der Waals surface area contributed by atoms with Crippen LogP contribution in [0.25, 0.3) is 0 Å². The molecule has 9 heteroatoms. The highest BCUT2D eigenvalue weighted by atomic mass is 32.1. The zero-order valence-electron chi connectivity index (χ0n) is 14.3. The fourth-order valence-corrected chi connectivity index (χ4v) is 4.43. The van der Waals surface area contributed by atoms with Crippen molar-refractivity contribution >= 4 is 39.7 Å². The van der Waals surface area contributed by atoms with Crippen molar-refractivity contribution in [2.45, 2.75) is 19.5 Å². The summed E-state index contributed by atoms with van der Waals surface area (Å²) in [6, 6.07) is 9.07. The molecule has 0 aliphatic carbocycles. The van der Waals surface area contributed by atoms with Gasteiger partial charge >= 0.3 is 6.03 Å². The van der Waals surface area contributed by atoms with Crippen molar-refractivity contribution in [1.82, 2.24) is 20.2 Å². The lowest BCUT2D eigenvalue weighted by Gasteiger charge is -2.26. The summed E-state index contributed by atoms with van der Waals surface area (Å²) in [5.41, 5.74) is 1.29. The first-order valence-corrected chi connectivity index (χ1v) is 10.1. The normalized spacial score (nSPS) is 13.1. The minimum atomic E-state index is -0.285. The van der Waals surface area contributed by atoms with Crippen LogP contribution in [0, 0.1) is 0 Å². The molecule has 0 atom stereocenters. The van der Waals surface area contributed by atoms with Crippen molar-refractivity contribution in [2.24, 2.45) is 0 Å². The van der Waals surface area contributed by atoms with Gasteiger partial charge in [0.2, 0.25) is 0 Å². The molecular formula is C18H17N5O2S2. The van der Waals surface area contributed by atoms with Crippen LogP contribution in [0.15, 0.2) is 41.9 Å². The second kappa shape index (κ2) is 7.85. The summed E-state index contributed by atoms with van der Waals surface area (Å²) in [6.07, 6.45) is 2.26. The predicted octanol–water partition coefficient (Wildman–Crippen LogP) is 3.12. The monoisotopic (exact) mass is 399 g/mol. The molecule has 0 aromatic carbocycles. The third-order valence-corrected chi connectivity index (χ3v) is 6.00. The van der Waals surface area contributed by atoms with E-state index in [-0.39, 0.29) is 11.9 Å². The van der Waals surface area contributed by atoms with Crippen LogP contribution in [0.4, 0.5) is 9.93 Å². The van der Waals surface area contributed by atoms with Gasteiger partial charge in [-0.3, -0.25) is 15.1 Å². The van der Waals surface area contributed by atoms with E-state index in [1.165, 1.54) is 11.3 Å². The SMILES string of the molecule is O=C(Nc1nc2c(s1)CN(C(=O)NCc1cccs1)CC2)c1ccccn1. The average molecular weight is 400 g/mol. The molecule has 3 aromatic heterocycles. The van der Waals surface area contributed by atoms with Gasteiger partial charge in [-0.15, -0.1) is 11.3 Å². The summed E-state index contributed by atoms with van der Waals surface area (Å²) in [5.74, 6) is -0.285. The lowest BCUT2D eigenvalue weighted by atomic mass is 10.2. The molecule has 4 rings (SSSR count). The van der Waals surface area contributed by atoms with E-state index in [4.69, 9.17) is 0 Å². The number of carbonyl (C=O) groups is 2. The van der Waals surface area contributed by atoms with Crippen LogP contribution in [-0.2, 0) is 19.5 Å². The molecule has 0 fully saturated rings. The number of thiophene rings is 1. The van der Waals surface area contributed by atoms with Crippen LogP contribution in [0.3, 0.4) is 0 Å². The van der Waals surface area contributed by atoms with Crippen molar-refractivity contribution in [3.63, 3.8) is 0 Å². The number of thiazole rings is 1. The van der Waals surface area contributed by atoms with Crippen molar-refractivity contribution < 1.29 is 9.59 Å². The molecule has 0 radical (unpaired) electrons. The molecule has 2 N–H and O–H groups in total. The zero-order chi connectivity index (χ0) is 18.6. The van der Waals surface area contributed by atoms with Gasteiger partial charge < -0.3 is 10.2 Å². The number of nitrogens with zero attached hydrogens (tertiary/aromatic N) is 3. The summed E-state index contributed by atoms with van der Waals surface area (Å²) < 4.78 is 0. The highest BCUT2D eigenvalue weighted by Crippen LogP contribution is 2.28. The summed E-state index contributed by atoms with van der Waals surface area (Å²) in [6.45, 7) is 1.65. The number of rotatable bonds is 4. The molecule has 0 saturated heterocycles. The molecule has 0 spiro atoms. The predicted molar refractivity (Wildman–Crippen MR) is 105 cm³/mol. The molecule has 1 aliphatic rings. The van der Waals surface area contributed by atoms with Gasteiger partial charge in [0, 0.05) is 28.9 Å². The molecule has 7 nitrogen and oxygen atoms in total. The highest BCUT2D eigenvalue weighted by Gasteiger charge is 2.24. The number of nitrogens with one attached hydrogen (secondary N) is 2. The summed E-state index contributed by atoms with van der Waals surface area (Å²) in [5, 5.41) is 8.27. The van der Waals surface area contributed by atoms with E-state index in [1.54, 1.807) is 40.6 Å². The second-order valence-electron chi connectivity index (χ2n) is 5.97. The number of fused-ring (bicyclic) bond motifs is 1. The Bertz CT molecular complexity index is 940. The number of pyridine rings is 1. The van der Waals surface area contributed by atoms with E-state index in [1.807, 2.05) is 17.5 Å². The smallest absolute Gasteiger partial charge is 0.318 e. The van der Waals surface area contributed by atoms with E-state index in [9.17, 15) is 9.59 Å². The van der Waals surface area contributed by atoms with Gasteiger partial charge in [0.25, 0.3) is 5.91 Å². The Hall–Kier alpha value is -2.78. The number of urea groups is 1. The maximum absolute atomic E-state index is 12.4. The molecule has 0 bridgehead atoms. The number of carbonyl (C=O) groups excluding carboxylic acids is 2. The Morgan fingerprint density at radius 1 is 1.22 bits per heavy atom. The Kier molecular flexibility index (Phi) is 5.12. The lowest BCUT2D eigenvalue weighted by Crippen LogP contribution is -2.42. The molecule has 0 saturated carbocycles. The van der Waals surface area contributed by atoms with Crippen LogP contribution in [0.5, 0.6) is 0 Å². The first-order chi connectivity index (χ1) is 13.2. The third kappa shape index (κ3) is 4.15. The van der Waals surface area contributed by atoms with E-state index in [2.05, 4.69) is 20.6 Å². The maximum Gasteiger partial charge on any atom is 0.318 e. The molecule has 3 amide bonds. The summed E-state index contributed by atoms with van der Waals surface area (Å²) in [7, 11) is 0. The average Bonchev–Trinajstić information content (AvgIpc) is 3.35. The highest BCUT2D eigenvalue weighted by molar-refractivity contribution is 7.15. The van der Waals surface area contributed by atoms with E-state index in [0.717, 1.165) is 15.4 Å². The van der Waals surface area contributed by atoms with Crippen LogP contribution in [0.1, 0.15) is 25.9 Å². The van der Waals surface area contributed by atoms with Gasteiger partial charge in [-0.05, 0) is 23.6 Å². The van der Waals surface area contributed by atoms with Crippen molar-refractivity contribution in [2.75, 3.05) is 11.9 Å². The van der Waals surface area contributed by atoms with Gasteiger partial charge in [-0.1, -0.05) is 23.5 Å². The molecule has 1 aliphatic heterocycles. The Balaban J connectivity index is 1.37. The molecule has 4 heterocycles. The zero-order valence-corrected chi connectivity index (χ0v) is 16.0. The van der Waals surface area contributed by atoms with Gasteiger partial charge in [-0.25, -0.2) is 9.78 Å². The minimum absolute atomic E-state index is 0.0819. The summed E-state index contributed by atoms with van der Waals surface area (Å²) >= 11 is 3.03. The van der Waals surface area contributed by atoms with Crippen LogP contribution in [-0.4, -0.2) is 33.4 Å². The molecule has 27 heavy (non-hydrogen) atoms. The lowest BCUT2D eigenvalue weighted by molar-refractivity contribution is 0.102. The number of amides is 3. The number of aromatic nitrogens is 2. The van der Waals surface area contributed by atoms with Gasteiger partial charge in [-0.2, -0.15) is 0 Å². The second-order valence-corrected chi connectivity index (χ2v) is 8.08. The first-order valence-electron chi connectivity index (χ1n) is 8.45. The Morgan fingerprint density at radius 2 is 2.15 bits per heavy atom. The van der Waals surface area contributed by atoms with Crippen LogP contribution >= 0.6 is 22.7 Å².